The lowest BCUT2D eigenvalue weighted by Crippen LogP contribution is -2.16. The van der Waals surface area contributed by atoms with Gasteiger partial charge in [0.1, 0.15) is 19.6 Å². The molecule has 0 heterocycles. The van der Waals surface area contributed by atoms with Crippen LogP contribution in [0.4, 0.5) is 0 Å². The smallest absolute Gasteiger partial charge is 0.317 e. The topological polar surface area (TPSA) is 93.1 Å². The maximum Gasteiger partial charge on any atom is 0.317 e. The Morgan fingerprint density at radius 3 is 2.12 bits per heavy atom. The van der Waals surface area contributed by atoms with Gasteiger partial charge in [0.15, 0.2) is 0 Å². The van der Waals surface area contributed by atoms with Gasteiger partial charge in [-0.1, -0.05) is 0 Å². The van der Waals surface area contributed by atoms with Gasteiger partial charge >= 0.3 is 11.9 Å². The Balaban J connectivity index is 3.40. The summed E-state index contributed by atoms with van der Waals surface area (Å²) in [5, 5.41) is 16.8. The first-order chi connectivity index (χ1) is 7.70. The average Bonchev–Trinajstić information content (AvgIpc) is 2.26. The van der Waals surface area contributed by atoms with E-state index >= 15 is 0 Å². The summed E-state index contributed by atoms with van der Waals surface area (Å²) in [4.78, 5) is 21.9. The number of aliphatic hydroxyl groups excluding tert-OH is 2. The molecule has 0 spiro atoms. The van der Waals surface area contributed by atoms with Crippen LogP contribution in [0, 0.1) is 0 Å². The van der Waals surface area contributed by atoms with Crippen LogP contribution in [0.15, 0.2) is 0 Å². The van der Waals surface area contributed by atoms with Crippen molar-refractivity contribution >= 4 is 23.7 Å². The minimum Gasteiger partial charge on any atom is -0.464 e. The summed E-state index contributed by atoms with van der Waals surface area (Å²) in [5.41, 5.74) is 0. The Morgan fingerprint density at radius 1 is 0.938 bits per heavy atom. The first kappa shape index (κ1) is 15.2. The molecule has 0 aliphatic rings. The lowest BCUT2D eigenvalue weighted by Gasteiger charge is -2.04. The molecule has 0 unspecified atom stereocenters. The molecule has 0 aromatic carbocycles. The fraction of sp³-hybridized carbons (Fsp3) is 0.778. The van der Waals surface area contributed by atoms with E-state index in [1.165, 1.54) is 11.8 Å². The van der Waals surface area contributed by atoms with Crippen LogP contribution < -0.4 is 0 Å². The number of carbonyl (C=O) groups is 2. The molecule has 0 bridgehead atoms. The van der Waals surface area contributed by atoms with Crippen molar-refractivity contribution in [3.05, 3.63) is 0 Å². The standard InChI is InChI=1S/C9H16O6S/c10-1-3-14-8(12)7-9(13)15-4-6-16-5-2-11/h10-11H,1-7H2. The molecule has 0 fully saturated rings. The zero-order chi connectivity index (χ0) is 12.2. The van der Waals surface area contributed by atoms with Gasteiger partial charge in [-0.15, -0.1) is 0 Å². The van der Waals surface area contributed by atoms with Gasteiger partial charge in [-0.05, 0) is 0 Å². The molecule has 2 N–H and O–H groups in total. The Labute approximate surface area is 97.9 Å². The predicted molar refractivity (Wildman–Crippen MR) is 58.0 cm³/mol. The number of ether oxygens (including phenoxy) is 2. The molecular weight excluding hydrogens is 236 g/mol. The third-order valence-corrected chi connectivity index (χ3v) is 2.30. The van der Waals surface area contributed by atoms with Gasteiger partial charge in [-0.3, -0.25) is 9.59 Å². The fourth-order valence-corrected chi connectivity index (χ4v) is 1.29. The second-order valence-corrected chi connectivity index (χ2v) is 3.90. The van der Waals surface area contributed by atoms with Gasteiger partial charge in [0, 0.05) is 11.5 Å². The number of hydrogen-bond acceptors (Lipinski definition) is 7. The second-order valence-electron chi connectivity index (χ2n) is 2.68. The lowest BCUT2D eigenvalue weighted by atomic mass is 10.4. The molecule has 0 saturated heterocycles. The number of thioether (sulfide) groups is 1. The molecule has 94 valence electrons. The summed E-state index contributed by atoms with van der Waals surface area (Å²) < 4.78 is 9.21. The van der Waals surface area contributed by atoms with E-state index < -0.39 is 18.4 Å². The molecule has 16 heavy (non-hydrogen) atoms. The maximum absolute atomic E-state index is 11.0. The van der Waals surface area contributed by atoms with Crippen LogP contribution in [0.5, 0.6) is 0 Å². The summed E-state index contributed by atoms with van der Waals surface area (Å²) in [6.45, 7) is -0.0834. The zero-order valence-corrected chi connectivity index (χ0v) is 9.70. The SMILES string of the molecule is O=C(CC(=O)OCCSCCO)OCCO. The number of aliphatic hydroxyl groups is 2. The minimum absolute atomic E-state index is 0.0894. The van der Waals surface area contributed by atoms with E-state index in [9.17, 15) is 9.59 Å². The largest absolute Gasteiger partial charge is 0.464 e. The summed E-state index contributed by atoms with van der Waals surface area (Å²) >= 11 is 1.45. The molecule has 7 heteroatoms. The third kappa shape index (κ3) is 9.75. The molecule has 0 saturated carbocycles. The Bertz CT molecular complexity index is 208. The van der Waals surface area contributed by atoms with Gasteiger partial charge in [-0.25, -0.2) is 0 Å². The molecule has 0 amide bonds. The monoisotopic (exact) mass is 252 g/mol. The van der Waals surface area contributed by atoms with E-state index in [2.05, 4.69) is 4.74 Å². The van der Waals surface area contributed by atoms with E-state index in [1.807, 2.05) is 0 Å². The summed E-state index contributed by atoms with van der Waals surface area (Å²) in [6.07, 6.45) is -0.440. The van der Waals surface area contributed by atoms with Crippen molar-refractivity contribution in [1.82, 2.24) is 0 Å². The van der Waals surface area contributed by atoms with E-state index in [-0.39, 0.29) is 26.4 Å². The minimum atomic E-state index is -0.706. The molecule has 0 atom stereocenters. The molecule has 0 aromatic heterocycles. The van der Waals surface area contributed by atoms with Crippen LogP contribution in [0.1, 0.15) is 6.42 Å². The number of carbonyl (C=O) groups excluding carboxylic acids is 2. The predicted octanol–water partition coefficient (Wildman–Crippen LogP) is -0.819. The van der Waals surface area contributed by atoms with E-state index in [1.54, 1.807) is 0 Å². The molecule has 6 nitrogen and oxygen atoms in total. The first-order valence-electron chi connectivity index (χ1n) is 4.81. The quantitative estimate of drug-likeness (QED) is 0.314. The highest BCUT2D eigenvalue weighted by Crippen LogP contribution is 1.99. The lowest BCUT2D eigenvalue weighted by molar-refractivity contribution is -0.154. The Kier molecular flexibility index (Phi) is 10.2. The molecule has 0 radical (unpaired) electrons. The highest BCUT2D eigenvalue weighted by Gasteiger charge is 2.11. The molecular formula is C9H16O6S. The van der Waals surface area contributed by atoms with Crippen LogP contribution >= 0.6 is 11.8 Å². The van der Waals surface area contributed by atoms with E-state index in [0.717, 1.165) is 0 Å². The Morgan fingerprint density at radius 2 is 1.56 bits per heavy atom. The van der Waals surface area contributed by atoms with Crippen molar-refractivity contribution in [3.63, 3.8) is 0 Å². The number of esters is 2. The van der Waals surface area contributed by atoms with Gasteiger partial charge in [0.2, 0.25) is 0 Å². The van der Waals surface area contributed by atoms with Crippen molar-refractivity contribution < 1.29 is 29.3 Å². The van der Waals surface area contributed by atoms with Crippen LogP contribution in [0.25, 0.3) is 0 Å². The van der Waals surface area contributed by atoms with E-state index in [0.29, 0.717) is 11.5 Å². The highest BCUT2D eigenvalue weighted by molar-refractivity contribution is 7.99. The second kappa shape index (κ2) is 10.7. The molecule has 0 aliphatic carbocycles. The summed E-state index contributed by atoms with van der Waals surface area (Å²) in [5.74, 6) is -0.178. The van der Waals surface area contributed by atoms with Gasteiger partial charge in [0.05, 0.1) is 13.2 Å². The zero-order valence-electron chi connectivity index (χ0n) is 8.89. The van der Waals surface area contributed by atoms with Crippen molar-refractivity contribution in [2.45, 2.75) is 6.42 Å². The van der Waals surface area contributed by atoms with Crippen molar-refractivity contribution in [2.24, 2.45) is 0 Å². The fourth-order valence-electron chi connectivity index (χ4n) is 0.760. The van der Waals surface area contributed by atoms with Crippen LogP contribution in [-0.2, 0) is 19.1 Å². The van der Waals surface area contributed by atoms with Crippen LogP contribution in [0.3, 0.4) is 0 Å². The number of hydrogen-bond donors (Lipinski definition) is 2. The van der Waals surface area contributed by atoms with E-state index in [4.69, 9.17) is 14.9 Å². The molecule has 0 aliphatic heterocycles. The Hall–Kier alpha value is -0.790. The van der Waals surface area contributed by atoms with Crippen LogP contribution in [0.2, 0.25) is 0 Å². The summed E-state index contributed by atoms with van der Waals surface area (Å²) in [7, 11) is 0. The normalized spacial score (nSPS) is 9.88. The summed E-state index contributed by atoms with van der Waals surface area (Å²) in [6, 6.07) is 0. The van der Waals surface area contributed by atoms with Gasteiger partial charge in [-0.2, -0.15) is 11.8 Å². The van der Waals surface area contributed by atoms with Crippen molar-refractivity contribution in [2.75, 3.05) is 37.9 Å². The highest BCUT2D eigenvalue weighted by atomic mass is 32.2. The number of rotatable bonds is 9. The van der Waals surface area contributed by atoms with Crippen molar-refractivity contribution in [1.29, 1.82) is 0 Å². The van der Waals surface area contributed by atoms with Crippen LogP contribution in [-0.4, -0.2) is 60.1 Å². The molecule has 0 rings (SSSR count). The first-order valence-corrected chi connectivity index (χ1v) is 5.97. The maximum atomic E-state index is 11.0. The molecule has 0 aromatic rings. The third-order valence-electron chi connectivity index (χ3n) is 1.37. The van der Waals surface area contributed by atoms with Gasteiger partial charge < -0.3 is 19.7 Å². The van der Waals surface area contributed by atoms with Crippen molar-refractivity contribution in [3.8, 4) is 0 Å². The van der Waals surface area contributed by atoms with Gasteiger partial charge in [0.25, 0.3) is 0 Å². The average molecular weight is 252 g/mol.